The van der Waals surface area contributed by atoms with Crippen molar-refractivity contribution in [2.45, 2.75) is 0 Å². The standard InChI is InChI=1S/C11H10BrN3/c1-8(12)6-13-11-7-14-15-10-5-3-2-4-9(10)11/h2-5,7H,1,6H2,(H,13,15). The number of halogens is 1. The van der Waals surface area contributed by atoms with E-state index >= 15 is 0 Å². The molecule has 4 heteroatoms. The van der Waals surface area contributed by atoms with Crippen molar-refractivity contribution in [3.63, 3.8) is 0 Å². The maximum absolute atomic E-state index is 4.04. The normalized spacial score (nSPS) is 10.2. The minimum absolute atomic E-state index is 0.676. The molecule has 0 fully saturated rings. The Hall–Kier alpha value is -1.42. The molecule has 1 N–H and O–H groups in total. The van der Waals surface area contributed by atoms with E-state index in [1.54, 1.807) is 6.20 Å². The second-order valence-electron chi connectivity index (χ2n) is 3.15. The molecule has 0 bridgehead atoms. The molecule has 1 aromatic heterocycles. The van der Waals surface area contributed by atoms with Crippen molar-refractivity contribution >= 4 is 32.5 Å². The molecule has 2 rings (SSSR count). The van der Waals surface area contributed by atoms with Crippen LogP contribution in [0.4, 0.5) is 5.69 Å². The van der Waals surface area contributed by atoms with Gasteiger partial charge in [0.2, 0.25) is 0 Å². The van der Waals surface area contributed by atoms with Gasteiger partial charge in [-0.05, 0) is 6.07 Å². The van der Waals surface area contributed by atoms with Crippen molar-refractivity contribution in [1.82, 2.24) is 10.2 Å². The first kappa shape index (κ1) is 10.1. The molecular formula is C11H10BrN3. The van der Waals surface area contributed by atoms with E-state index in [0.717, 1.165) is 21.1 Å². The summed E-state index contributed by atoms with van der Waals surface area (Å²) in [6.45, 7) is 4.44. The fraction of sp³-hybridized carbons (Fsp3) is 0.0909. The predicted molar refractivity (Wildman–Crippen MR) is 66.1 cm³/mol. The number of nitrogens with zero attached hydrogens (tertiary/aromatic N) is 2. The lowest BCUT2D eigenvalue weighted by atomic mass is 10.2. The zero-order valence-electron chi connectivity index (χ0n) is 8.07. The van der Waals surface area contributed by atoms with Crippen molar-refractivity contribution in [2.24, 2.45) is 0 Å². The summed E-state index contributed by atoms with van der Waals surface area (Å²) in [5.74, 6) is 0. The number of hydrogen-bond donors (Lipinski definition) is 1. The third kappa shape index (κ3) is 2.33. The maximum Gasteiger partial charge on any atom is 0.0950 e. The van der Waals surface area contributed by atoms with Crippen LogP contribution in [0.2, 0.25) is 0 Å². The van der Waals surface area contributed by atoms with E-state index in [4.69, 9.17) is 0 Å². The van der Waals surface area contributed by atoms with Gasteiger partial charge in [-0.25, -0.2) is 0 Å². The smallest absolute Gasteiger partial charge is 0.0950 e. The summed E-state index contributed by atoms with van der Waals surface area (Å²) in [6.07, 6.45) is 1.72. The van der Waals surface area contributed by atoms with Crippen LogP contribution in [0.25, 0.3) is 10.9 Å². The van der Waals surface area contributed by atoms with Gasteiger partial charge in [-0.2, -0.15) is 10.2 Å². The Morgan fingerprint density at radius 3 is 3.00 bits per heavy atom. The van der Waals surface area contributed by atoms with Crippen molar-refractivity contribution in [2.75, 3.05) is 11.9 Å². The second kappa shape index (κ2) is 4.40. The summed E-state index contributed by atoms with van der Waals surface area (Å²) in [7, 11) is 0. The quantitative estimate of drug-likeness (QED) is 0.926. The summed E-state index contributed by atoms with van der Waals surface area (Å²) in [5.41, 5.74) is 1.86. The first-order chi connectivity index (χ1) is 7.27. The Balaban J connectivity index is 2.38. The molecule has 0 aliphatic rings. The van der Waals surface area contributed by atoms with Gasteiger partial charge in [0.1, 0.15) is 0 Å². The molecule has 0 spiro atoms. The third-order valence-electron chi connectivity index (χ3n) is 2.02. The van der Waals surface area contributed by atoms with Crippen LogP contribution in [-0.2, 0) is 0 Å². The maximum atomic E-state index is 4.04. The van der Waals surface area contributed by atoms with Crippen LogP contribution in [0.1, 0.15) is 0 Å². The number of aromatic nitrogens is 2. The number of nitrogens with one attached hydrogen (secondary N) is 1. The van der Waals surface area contributed by atoms with E-state index < -0.39 is 0 Å². The summed E-state index contributed by atoms with van der Waals surface area (Å²) >= 11 is 3.30. The monoisotopic (exact) mass is 263 g/mol. The molecule has 0 radical (unpaired) electrons. The van der Waals surface area contributed by atoms with Gasteiger partial charge in [0.05, 0.1) is 17.4 Å². The Kier molecular flexibility index (Phi) is 2.97. The molecule has 0 saturated heterocycles. The fourth-order valence-corrected chi connectivity index (χ4v) is 1.48. The number of hydrogen-bond acceptors (Lipinski definition) is 3. The SMILES string of the molecule is C=C(Br)CNc1cnnc2ccccc12. The third-order valence-corrected chi connectivity index (χ3v) is 2.30. The van der Waals surface area contributed by atoms with Crippen molar-refractivity contribution in [1.29, 1.82) is 0 Å². The highest BCUT2D eigenvalue weighted by Crippen LogP contribution is 2.20. The first-order valence-electron chi connectivity index (χ1n) is 4.55. The van der Waals surface area contributed by atoms with Crippen LogP contribution in [-0.4, -0.2) is 16.7 Å². The van der Waals surface area contributed by atoms with Crippen molar-refractivity contribution in [3.05, 3.63) is 41.5 Å². The van der Waals surface area contributed by atoms with E-state index in [1.165, 1.54) is 0 Å². The molecule has 2 aromatic rings. The van der Waals surface area contributed by atoms with Gasteiger partial charge < -0.3 is 5.32 Å². The van der Waals surface area contributed by atoms with Gasteiger partial charge >= 0.3 is 0 Å². The Labute approximate surface area is 96.3 Å². The molecule has 0 amide bonds. The minimum atomic E-state index is 0.676. The summed E-state index contributed by atoms with van der Waals surface area (Å²) in [6, 6.07) is 7.89. The number of benzene rings is 1. The Morgan fingerprint density at radius 1 is 1.40 bits per heavy atom. The molecule has 0 saturated carbocycles. The summed E-state index contributed by atoms with van der Waals surface area (Å²) < 4.78 is 0.906. The number of fused-ring (bicyclic) bond motifs is 1. The van der Waals surface area contributed by atoms with E-state index in [-0.39, 0.29) is 0 Å². The highest BCUT2D eigenvalue weighted by atomic mass is 79.9. The summed E-state index contributed by atoms with van der Waals surface area (Å²) in [4.78, 5) is 0. The lowest BCUT2D eigenvalue weighted by molar-refractivity contribution is 1.07. The number of anilines is 1. The fourth-order valence-electron chi connectivity index (χ4n) is 1.34. The van der Waals surface area contributed by atoms with Crippen LogP contribution in [0.3, 0.4) is 0 Å². The topological polar surface area (TPSA) is 37.8 Å². The highest BCUT2D eigenvalue weighted by Gasteiger charge is 2.00. The molecule has 0 aliphatic carbocycles. The molecule has 0 atom stereocenters. The minimum Gasteiger partial charge on any atom is -0.379 e. The van der Waals surface area contributed by atoms with Gasteiger partial charge in [-0.15, -0.1) is 0 Å². The van der Waals surface area contributed by atoms with Crippen LogP contribution >= 0.6 is 15.9 Å². The van der Waals surface area contributed by atoms with Gasteiger partial charge in [0, 0.05) is 16.4 Å². The van der Waals surface area contributed by atoms with E-state index in [2.05, 4.69) is 38.0 Å². The molecule has 15 heavy (non-hydrogen) atoms. The Morgan fingerprint density at radius 2 is 2.20 bits per heavy atom. The van der Waals surface area contributed by atoms with E-state index in [1.807, 2.05) is 24.3 Å². The number of rotatable bonds is 3. The first-order valence-corrected chi connectivity index (χ1v) is 5.34. The van der Waals surface area contributed by atoms with Gasteiger partial charge in [0.15, 0.2) is 0 Å². The van der Waals surface area contributed by atoms with Crippen LogP contribution < -0.4 is 5.32 Å². The Bertz CT molecular complexity index is 491. The van der Waals surface area contributed by atoms with Crippen molar-refractivity contribution < 1.29 is 0 Å². The average Bonchev–Trinajstić information content (AvgIpc) is 2.26. The van der Waals surface area contributed by atoms with Crippen LogP contribution in [0, 0.1) is 0 Å². The molecule has 0 aliphatic heterocycles. The predicted octanol–water partition coefficient (Wildman–Crippen LogP) is 2.95. The molecule has 1 aromatic carbocycles. The molecule has 3 nitrogen and oxygen atoms in total. The zero-order valence-corrected chi connectivity index (χ0v) is 9.66. The second-order valence-corrected chi connectivity index (χ2v) is 4.27. The van der Waals surface area contributed by atoms with Crippen LogP contribution in [0.15, 0.2) is 41.5 Å². The average molecular weight is 264 g/mol. The lowest BCUT2D eigenvalue weighted by Gasteiger charge is -2.07. The molecule has 0 unspecified atom stereocenters. The molecule has 1 heterocycles. The van der Waals surface area contributed by atoms with Gasteiger partial charge in [-0.3, -0.25) is 0 Å². The van der Waals surface area contributed by atoms with E-state index in [0.29, 0.717) is 6.54 Å². The molecule has 76 valence electrons. The lowest BCUT2D eigenvalue weighted by Crippen LogP contribution is -2.02. The van der Waals surface area contributed by atoms with E-state index in [9.17, 15) is 0 Å². The largest absolute Gasteiger partial charge is 0.379 e. The van der Waals surface area contributed by atoms with Gasteiger partial charge in [-0.1, -0.05) is 40.7 Å². The zero-order chi connectivity index (χ0) is 10.7. The highest BCUT2D eigenvalue weighted by molar-refractivity contribution is 9.11. The van der Waals surface area contributed by atoms with Crippen LogP contribution in [0.5, 0.6) is 0 Å². The van der Waals surface area contributed by atoms with Crippen molar-refractivity contribution in [3.8, 4) is 0 Å². The van der Waals surface area contributed by atoms with Gasteiger partial charge in [0.25, 0.3) is 0 Å². The molecular weight excluding hydrogens is 254 g/mol. The summed E-state index contributed by atoms with van der Waals surface area (Å²) in [5, 5.41) is 12.3.